The number of aromatic hydroxyl groups is 1. The van der Waals surface area contributed by atoms with Crippen molar-refractivity contribution in [1.29, 1.82) is 0 Å². The molecular formula is C20H24N4O2. The minimum atomic E-state index is -1.18. The Balaban J connectivity index is 1.83. The van der Waals surface area contributed by atoms with E-state index in [1.54, 1.807) is 12.1 Å². The van der Waals surface area contributed by atoms with Crippen molar-refractivity contribution in [2.75, 3.05) is 13.1 Å². The molecule has 0 radical (unpaired) electrons. The Bertz CT molecular complexity index is 985. The molecule has 4 rings (SSSR count). The molecule has 2 heterocycles. The molecule has 1 unspecified atom stereocenters. The van der Waals surface area contributed by atoms with Crippen molar-refractivity contribution in [3.05, 3.63) is 59.1 Å². The lowest BCUT2D eigenvalue weighted by molar-refractivity contribution is 0.0176. The maximum atomic E-state index is 11.5. The van der Waals surface area contributed by atoms with Gasteiger partial charge in [0.05, 0.1) is 5.52 Å². The Hall–Kier alpha value is -2.54. The van der Waals surface area contributed by atoms with Crippen LogP contribution in [0.25, 0.3) is 17.0 Å². The van der Waals surface area contributed by atoms with Gasteiger partial charge in [-0.1, -0.05) is 0 Å². The number of H-pyrrole nitrogens is 1. The lowest BCUT2D eigenvalue weighted by Gasteiger charge is -2.31. The van der Waals surface area contributed by atoms with E-state index in [4.69, 9.17) is 11.5 Å². The number of hydrogen-bond donors (Lipinski definition) is 5. The average molecular weight is 352 g/mol. The van der Waals surface area contributed by atoms with Gasteiger partial charge in [0, 0.05) is 29.9 Å². The Morgan fingerprint density at radius 3 is 2.69 bits per heavy atom. The normalized spacial score (nSPS) is 19.2. The zero-order valence-electron chi connectivity index (χ0n) is 14.6. The number of aromatic amines is 1. The Morgan fingerprint density at radius 2 is 1.92 bits per heavy atom. The summed E-state index contributed by atoms with van der Waals surface area (Å²) in [5.41, 5.74) is 15.4. The van der Waals surface area contributed by atoms with E-state index in [9.17, 15) is 10.2 Å². The van der Waals surface area contributed by atoms with E-state index in [1.807, 2.05) is 35.2 Å². The number of nitrogens with two attached hydrogens (primary N) is 2. The van der Waals surface area contributed by atoms with Crippen LogP contribution in [0.2, 0.25) is 0 Å². The number of fused-ring (bicyclic) bond motifs is 2. The second kappa shape index (κ2) is 6.32. The van der Waals surface area contributed by atoms with Crippen molar-refractivity contribution in [2.24, 2.45) is 11.5 Å². The van der Waals surface area contributed by atoms with E-state index in [1.165, 1.54) is 0 Å². The third kappa shape index (κ3) is 2.63. The summed E-state index contributed by atoms with van der Waals surface area (Å²) in [7, 11) is 0. The number of rotatable bonds is 5. The molecule has 136 valence electrons. The van der Waals surface area contributed by atoms with Gasteiger partial charge in [-0.05, 0) is 73.0 Å². The molecule has 0 spiro atoms. The highest BCUT2D eigenvalue weighted by atomic mass is 16.3. The highest BCUT2D eigenvalue weighted by molar-refractivity contribution is 5.86. The van der Waals surface area contributed by atoms with Gasteiger partial charge in [0.1, 0.15) is 5.75 Å². The van der Waals surface area contributed by atoms with Gasteiger partial charge in [-0.2, -0.15) is 0 Å². The number of nitrogens with one attached hydrogen (secondary N) is 1. The highest BCUT2D eigenvalue weighted by Gasteiger charge is 2.33. The maximum absolute atomic E-state index is 11.5. The zero-order chi connectivity index (χ0) is 18.3. The number of hydrogen-bond acceptors (Lipinski definition) is 4. The van der Waals surface area contributed by atoms with Crippen LogP contribution in [0.5, 0.6) is 5.75 Å². The van der Waals surface area contributed by atoms with Gasteiger partial charge in [0.25, 0.3) is 0 Å². The topological polar surface area (TPSA) is 113 Å². The number of phenolic OH excluding ortho intramolecular Hbond substituents is 1. The first-order valence-corrected chi connectivity index (χ1v) is 8.90. The molecule has 0 bridgehead atoms. The Labute approximate surface area is 151 Å². The van der Waals surface area contributed by atoms with Gasteiger partial charge >= 0.3 is 0 Å². The van der Waals surface area contributed by atoms with E-state index < -0.39 is 5.72 Å². The van der Waals surface area contributed by atoms with Gasteiger partial charge in [0.15, 0.2) is 5.72 Å². The van der Waals surface area contributed by atoms with Crippen LogP contribution in [0.1, 0.15) is 22.4 Å². The van der Waals surface area contributed by atoms with E-state index in [-0.39, 0.29) is 5.75 Å². The molecule has 1 aliphatic carbocycles. The van der Waals surface area contributed by atoms with Crippen LogP contribution >= 0.6 is 0 Å². The third-order valence-corrected chi connectivity index (χ3v) is 5.18. The first kappa shape index (κ1) is 16.9. The van der Waals surface area contributed by atoms with Gasteiger partial charge < -0.3 is 31.2 Å². The summed E-state index contributed by atoms with van der Waals surface area (Å²) < 4.78 is 1.88. The molecule has 0 saturated heterocycles. The third-order valence-electron chi connectivity index (χ3n) is 5.18. The maximum Gasteiger partial charge on any atom is 0.165 e. The molecule has 0 aliphatic heterocycles. The fraction of sp³-hybridized carbons (Fsp3) is 0.300. The molecular weight excluding hydrogens is 328 g/mol. The molecule has 0 saturated carbocycles. The summed E-state index contributed by atoms with van der Waals surface area (Å²) in [5, 5.41) is 22.3. The molecule has 2 aromatic heterocycles. The zero-order valence-corrected chi connectivity index (χ0v) is 14.6. The largest absolute Gasteiger partial charge is 0.508 e. The van der Waals surface area contributed by atoms with Crippen LogP contribution in [0.15, 0.2) is 36.7 Å². The van der Waals surface area contributed by atoms with Crippen LogP contribution in [-0.4, -0.2) is 32.9 Å². The predicted molar refractivity (Wildman–Crippen MR) is 103 cm³/mol. The second-order valence-electron chi connectivity index (χ2n) is 6.90. The van der Waals surface area contributed by atoms with E-state index in [0.717, 1.165) is 39.7 Å². The van der Waals surface area contributed by atoms with E-state index >= 15 is 0 Å². The molecule has 6 nitrogen and oxygen atoms in total. The summed E-state index contributed by atoms with van der Waals surface area (Å²) >= 11 is 0. The number of phenols is 1. The molecule has 1 aliphatic rings. The van der Waals surface area contributed by atoms with Crippen LogP contribution in [0, 0.1) is 0 Å². The lowest BCUT2D eigenvalue weighted by Crippen LogP contribution is -2.35. The first-order chi connectivity index (χ1) is 12.6. The lowest BCUT2D eigenvalue weighted by atomic mass is 9.92. The van der Waals surface area contributed by atoms with Crippen molar-refractivity contribution in [3.8, 4) is 5.75 Å². The Kier molecular flexibility index (Phi) is 4.11. The van der Waals surface area contributed by atoms with Gasteiger partial charge in [-0.15, -0.1) is 0 Å². The number of nitrogens with zero attached hydrogens (tertiary/aromatic N) is 1. The van der Waals surface area contributed by atoms with Crippen molar-refractivity contribution in [1.82, 2.24) is 9.55 Å². The number of aromatic nitrogens is 2. The minimum absolute atomic E-state index is 0.206. The molecule has 3 aromatic rings. The molecule has 7 N–H and O–H groups in total. The SMILES string of the molecule is NCCc1c[nH]c2c1CC(O)(n1cc(CCN)c3cc(O)ccc31)C=C2. The molecule has 1 atom stereocenters. The van der Waals surface area contributed by atoms with Crippen molar-refractivity contribution < 1.29 is 10.2 Å². The first-order valence-electron chi connectivity index (χ1n) is 8.90. The van der Waals surface area contributed by atoms with Crippen LogP contribution < -0.4 is 11.5 Å². The molecule has 1 aromatic carbocycles. The number of aliphatic hydroxyl groups is 1. The fourth-order valence-electron chi connectivity index (χ4n) is 3.91. The second-order valence-corrected chi connectivity index (χ2v) is 6.90. The quantitative estimate of drug-likeness (QED) is 0.480. The molecule has 26 heavy (non-hydrogen) atoms. The van der Waals surface area contributed by atoms with Gasteiger partial charge in [0.2, 0.25) is 0 Å². The van der Waals surface area contributed by atoms with E-state index in [2.05, 4.69) is 4.98 Å². The van der Waals surface area contributed by atoms with Crippen molar-refractivity contribution in [2.45, 2.75) is 25.0 Å². The molecule has 0 amide bonds. The standard InChI is InChI=1S/C20H24N4O2/c21-7-4-13-11-23-18-3-6-20(26,10-17(13)18)24-12-14(5-8-22)16-9-15(25)1-2-19(16)24/h1-3,6,9,11-12,23,25-26H,4-5,7-8,10,21-22H2. The molecule has 0 fully saturated rings. The number of benzene rings is 1. The fourth-order valence-corrected chi connectivity index (χ4v) is 3.91. The van der Waals surface area contributed by atoms with Gasteiger partial charge in [-0.3, -0.25) is 0 Å². The smallest absolute Gasteiger partial charge is 0.165 e. The molecule has 6 heteroatoms. The van der Waals surface area contributed by atoms with Crippen LogP contribution in [-0.2, 0) is 25.0 Å². The predicted octanol–water partition coefficient (Wildman–Crippen LogP) is 1.59. The van der Waals surface area contributed by atoms with Crippen molar-refractivity contribution in [3.63, 3.8) is 0 Å². The van der Waals surface area contributed by atoms with Crippen LogP contribution in [0.3, 0.4) is 0 Å². The summed E-state index contributed by atoms with van der Waals surface area (Å²) in [6.45, 7) is 1.07. The summed E-state index contributed by atoms with van der Waals surface area (Å²) in [4.78, 5) is 3.26. The average Bonchev–Trinajstić information content (AvgIpc) is 3.18. The monoisotopic (exact) mass is 352 g/mol. The van der Waals surface area contributed by atoms with E-state index in [0.29, 0.717) is 25.9 Å². The summed E-state index contributed by atoms with van der Waals surface area (Å²) in [6.07, 6.45) is 9.57. The van der Waals surface area contributed by atoms with Gasteiger partial charge in [-0.25, -0.2) is 0 Å². The minimum Gasteiger partial charge on any atom is -0.508 e. The summed E-state index contributed by atoms with van der Waals surface area (Å²) in [6, 6.07) is 5.21. The van der Waals surface area contributed by atoms with Crippen molar-refractivity contribution >= 4 is 17.0 Å². The highest BCUT2D eigenvalue weighted by Crippen LogP contribution is 2.36. The summed E-state index contributed by atoms with van der Waals surface area (Å²) in [5.74, 6) is 0.206. The Morgan fingerprint density at radius 1 is 1.15 bits per heavy atom. The van der Waals surface area contributed by atoms with Crippen LogP contribution in [0.4, 0.5) is 0 Å².